The van der Waals surface area contributed by atoms with Crippen molar-refractivity contribution in [3.63, 3.8) is 0 Å². The minimum absolute atomic E-state index is 0.110. The number of nitrogens with zero attached hydrogens (tertiary/aromatic N) is 1. The number of hydrogen-bond donors (Lipinski definition) is 3. The summed E-state index contributed by atoms with van der Waals surface area (Å²) < 4.78 is 0. The van der Waals surface area contributed by atoms with Crippen LogP contribution in [0, 0.1) is 5.92 Å². The lowest BCUT2D eigenvalue weighted by Gasteiger charge is -2.17. The molecule has 4 N–H and O–H groups in total. The molecule has 1 aliphatic rings. The molecular formula is C20H20N4O4. The number of rotatable bonds is 5. The molecule has 0 aliphatic carbocycles. The van der Waals surface area contributed by atoms with Gasteiger partial charge in [-0.05, 0) is 48.5 Å². The van der Waals surface area contributed by atoms with Crippen LogP contribution in [-0.2, 0) is 14.4 Å². The molecule has 3 rings (SSSR count). The van der Waals surface area contributed by atoms with Crippen molar-refractivity contribution < 1.29 is 19.2 Å². The summed E-state index contributed by atoms with van der Waals surface area (Å²) in [5.74, 6) is -1.61. The first kappa shape index (κ1) is 19.1. The number of nitrogens with one attached hydrogen (secondary N) is 2. The summed E-state index contributed by atoms with van der Waals surface area (Å²) in [6.07, 6.45) is 0.110. The van der Waals surface area contributed by atoms with Crippen molar-refractivity contribution in [2.75, 3.05) is 22.1 Å². The molecule has 1 aliphatic heterocycles. The lowest BCUT2D eigenvalue weighted by atomic mass is 10.1. The van der Waals surface area contributed by atoms with Gasteiger partial charge in [0, 0.05) is 42.5 Å². The third kappa shape index (κ3) is 4.35. The van der Waals surface area contributed by atoms with Crippen LogP contribution in [0.3, 0.4) is 0 Å². The third-order valence-corrected chi connectivity index (χ3v) is 4.43. The minimum Gasteiger partial charge on any atom is -0.366 e. The van der Waals surface area contributed by atoms with Crippen LogP contribution in [0.4, 0.5) is 17.1 Å². The molecule has 8 nitrogen and oxygen atoms in total. The fraction of sp³-hybridized carbons (Fsp3) is 0.200. The second-order valence-electron chi connectivity index (χ2n) is 6.56. The van der Waals surface area contributed by atoms with E-state index in [9.17, 15) is 19.2 Å². The monoisotopic (exact) mass is 380 g/mol. The van der Waals surface area contributed by atoms with Gasteiger partial charge >= 0.3 is 0 Å². The number of carbonyl (C=O) groups excluding carboxylic acids is 4. The van der Waals surface area contributed by atoms with Crippen LogP contribution >= 0.6 is 0 Å². The molecule has 0 aromatic heterocycles. The van der Waals surface area contributed by atoms with Gasteiger partial charge in [0.05, 0.1) is 5.92 Å². The Morgan fingerprint density at radius 1 is 0.964 bits per heavy atom. The maximum Gasteiger partial charge on any atom is 0.248 e. The van der Waals surface area contributed by atoms with Crippen LogP contribution in [-0.4, -0.2) is 30.2 Å². The number of carbonyl (C=O) groups is 4. The smallest absolute Gasteiger partial charge is 0.248 e. The van der Waals surface area contributed by atoms with Crippen molar-refractivity contribution in [3.8, 4) is 0 Å². The van der Waals surface area contributed by atoms with Crippen molar-refractivity contribution in [2.45, 2.75) is 13.3 Å². The summed E-state index contributed by atoms with van der Waals surface area (Å²) in [4.78, 5) is 48.6. The molecule has 4 amide bonds. The van der Waals surface area contributed by atoms with Crippen LogP contribution in [0.2, 0.25) is 0 Å². The highest BCUT2D eigenvalue weighted by Crippen LogP contribution is 2.27. The van der Waals surface area contributed by atoms with Gasteiger partial charge in [0.15, 0.2) is 0 Å². The molecule has 1 atom stereocenters. The first-order valence-corrected chi connectivity index (χ1v) is 8.72. The highest BCUT2D eigenvalue weighted by molar-refractivity contribution is 6.04. The molecule has 2 aromatic rings. The molecule has 0 spiro atoms. The summed E-state index contributed by atoms with van der Waals surface area (Å²) in [5, 5.41) is 5.42. The van der Waals surface area contributed by atoms with Gasteiger partial charge in [-0.2, -0.15) is 0 Å². The Hall–Kier alpha value is -3.68. The van der Waals surface area contributed by atoms with Crippen LogP contribution in [0.15, 0.2) is 48.5 Å². The summed E-state index contributed by atoms with van der Waals surface area (Å²) in [6, 6.07) is 13.1. The fourth-order valence-electron chi connectivity index (χ4n) is 3.02. The van der Waals surface area contributed by atoms with E-state index >= 15 is 0 Å². The second kappa shape index (κ2) is 7.91. The van der Waals surface area contributed by atoms with Crippen molar-refractivity contribution in [2.24, 2.45) is 11.7 Å². The van der Waals surface area contributed by atoms with Crippen molar-refractivity contribution >= 4 is 40.7 Å². The Morgan fingerprint density at radius 3 is 2.11 bits per heavy atom. The second-order valence-corrected chi connectivity index (χ2v) is 6.56. The molecule has 1 fully saturated rings. The summed E-state index contributed by atoms with van der Waals surface area (Å²) in [7, 11) is 0. The first-order chi connectivity index (χ1) is 13.3. The van der Waals surface area contributed by atoms with Gasteiger partial charge in [-0.3, -0.25) is 19.2 Å². The Labute approximate surface area is 161 Å². The lowest BCUT2D eigenvalue weighted by molar-refractivity contribution is -0.122. The van der Waals surface area contributed by atoms with Crippen LogP contribution in [0.1, 0.15) is 23.7 Å². The van der Waals surface area contributed by atoms with Crippen molar-refractivity contribution in [1.82, 2.24) is 0 Å². The predicted molar refractivity (Wildman–Crippen MR) is 105 cm³/mol. The largest absolute Gasteiger partial charge is 0.366 e. The molecule has 1 heterocycles. The lowest BCUT2D eigenvalue weighted by Crippen LogP contribution is -2.28. The average molecular weight is 380 g/mol. The van der Waals surface area contributed by atoms with E-state index in [0.29, 0.717) is 22.6 Å². The molecule has 2 aromatic carbocycles. The Bertz CT molecular complexity index is 922. The molecule has 0 radical (unpaired) electrons. The van der Waals surface area contributed by atoms with Crippen LogP contribution in [0.25, 0.3) is 0 Å². The van der Waals surface area contributed by atoms with E-state index in [0.717, 1.165) is 0 Å². The van der Waals surface area contributed by atoms with Gasteiger partial charge in [-0.15, -0.1) is 0 Å². The Balaban J connectivity index is 1.64. The number of anilines is 3. The minimum atomic E-state index is -0.542. The van der Waals surface area contributed by atoms with Gasteiger partial charge in [-0.25, -0.2) is 0 Å². The standard InChI is InChI=1S/C20H20N4O4/c1-12(25)22-15-6-8-17(9-7-15)24-11-14(10-18(24)26)20(28)23-16-4-2-13(3-5-16)19(21)27/h2-9,14H,10-11H2,1H3,(H2,21,27)(H,22,25)(H,23,28). The Kier molecular flexibility index (Phi) is 5.39. The number of benzene rings is 2. The van der Waals surface area contributed by atoms with Crippen LogP contribution < -0.4 is 21.3 Å². The van der Waals surface area contributed by atoms with E-state index in [1.807, 2.05) is 0 Å². The number of nitrogens with two attached hydrogens (primary N) is 1. The van der Waals surface area contributed by atoms with E-state index in [1.165, 1.54) is 19.1 Å². The van der Waals surface area contributed by atoms with E-state index < -0.39 is 11.8 Å². The highest BCUT2D eigenvalue weighted by atomic mass is 16.2. The van der Waals surface area contributed by atoms with Gasteiger partial charge in [0.25, 0.3) is 0 Å². The maximum absolute atomic E-state index is 12.5. The van der Waals surface area contributed by atoms with Crippen molar-refractivity contribution in [1.29, 1.82) is 0 Å². The predicted octanol–water partition coefficient (Wildman–Crippen LogP) is 1.74. The topological polar surface area (TPSA) is 122 Å². The van der Waals surface area contributed by atoms with Crippen molar-refractivity contribution in [3.05, 3.63) is 54.1 Å². The van der Waals surface area contributed by atoms with Gasteiger partial charge < -0.3 is 21.3 Å². The first-order valence-electron chi connectivity index (χ1n) is 8.72. The zero-order valence-electron chi connectivity index (χ0n) is 15.3. The number of amides is 4. The Morgan fingerprint density at radius 2 is 1.54 bits per heavy atom. The molecule has 0 bridgehead atoms. The quantitative estimate of drug-likeness (QED) is 0.731. The molecule has 1 unspecified atom stereocenters. The zero-order valence-corrected chi connectivity index (χ0v) is 15.3. The average Bonchev–Trinajstić information content (AvgIpc) is 3.04. The summed E-state index contributed by atoms with van der Waals surface area (Å²) >= 11 is 0. The van der Waals surface area contributed by atoms with E-state index in [4.69, 9.17) is 5.73 Å². The summed E-state index contributed by atoms with van der Waals surface area (Å²) in [6.45, 7) is 1.69. The molecule has 144 valence electrons. The summed E-state index contributed by atoms with van der Waals surface area (Å²) in [5.41, 5.74) is 7.37. The van der Waals surface area contributed by atoms with E-state index in [1.54, 1.807) is 41.3 Å². The fourth-order valence-corrected chi connectivity index (χ4v) is 3.02. The molecular weight excluding hydrogens is 360 g/mol. The van der Waals surface area contributed by atoms with E-state index in [2.05, 4.69) is 10.6 Å². The van der Waals surface area contributed by atoms with Gasteiger partial charge in [0.1, 0.15) is 0 Å². The SMILES string of the molecule is CC(=O)Nc1ccc(N2CC(C(=O)Nc3ccc(C(N)=O)cc3)CC2=O)cc1. The van der Waals surface area contributed by atoms with Gasteiger partial charge in [0.2, 0.25) is 23.6 Å². The van der Waals surface area contributed by atoms with Crippen LogP contribution in [0.5, 0.6) is 0 Å². The number of hydrogen-bond acceptors (Lipinski definition) is 4. The van der Waals surface area contributed by atoms with E-state index in [-0.39, 0.29) is 30.7 Å². The maximum atomic E-state index is 12.5. The zero-order chi connectivity index (χ0) is 20.3. The molecule has 1 saturated heterocycles. The van der Waals surface area contributed by atoms with Gasteiger partial charge in [-0.1, -0.05) is 0 Å². The molecule has 0 saturated carbocycles. The molecule has 28 heavy (non-hydrogen) atoms. The molecule has 8 heteroatoms. The normalized spacial score (nSPS) is 16.0. The third-order valence-electron chi connectivity index (χ3n) is 4.43. The number of primary amides is 1. The highest BCUT2D eigenvalue weighted by Gasteiger charge is 2.35.